The molecule has 1 heterocycles. The number of nitrogens with zero attached hydrogens (tertiary/aromatic N) is 2. The van der Waals surface area contributed by atoms with Crippen LogP contribution in [-0.4, -0.2) is 9.55 Å². The lowest BCUT2D eigenvalue weighted by Gasteiger charge is -2.13. The highest BCUT2D eigenvalue weighted by Crippen LogP contribution is 2.34. The van der Waals surface area contributed by atoms with Gasteiger partial charge in [-0.1, -0.05) is 42.6 Å². The van der Waals surface area contributed by atoms with E-state index in [2.05, 4.69) is 21.8 Å². The molecule has 3 nitrogen and oxygen atoms in total. The highest BCUT2D eigenvalue weighted by atomic mass is 35.5. The van der Waals surface area contributed by atoms with E-state index in [0.717, 1.165) is 30.9 Å². The molecule has 5 heteroatoms. The standard InChI is InChI=1S/C14H17Cl2N3/c1-3-4-8-19-9-7-17-14(19)18-13-11(15)6-5-10(2)12(13)16/h5-7,9H,3-4,8H2,1-2H3,(H,17,18). The summed E-state index contributed by atoms with van der Waals surface area (Å²) in [5.74, 6) is 0.767. The van der Waals surface area contributed by atoms with Gasteiger partial charge in [-0.2, -0.15) is 0 Å². The Kier molecular flexibility index (Phi) is 4.72. The summed E-state index contributed by atoms with van der Waals surface area (Å²) < 4.78 is 2.07. The fourth-order valence-electron chi connectivity index (χ4n) is 1.83. The third-order valence-corrected chi connectivity index (χ3v) is 3.79. The number of halogens is 2. The maximum atomic E-state index is 6.29. The number of nitrogens with one attached hydrogen (secondary N) is 1. The summed E-state index contributed by atoms with van der Waals surface area (Å²) in [6.45, 7) is 5.05. The second-order valence-electron chi connectivity index (χ2n) is 4.48. The molecule has 0 saturated heterocycles. The van der Waals surface area contributed by atoms with Gasteiger partial charge < -0.3 is 9.88 Å². The fourth-order valence-corrected chi connectivity index (χ4v) is 2.29. The SMILES string of the molecule is CCCCn1ccnc1Nc1c(Cl)ccc(C)c1Cl. The van der Waals surface area contributed by atoms with Crippen LogP contribution >= 0.6 is 23.2 Å². The lowest BCUT2D eigenvalue weighted by molar-refractivity contribution is 0.638. The predicted molar refractivity (Wildman–Crippen MR) is 81.6 cm³/mol. The summed E-state index contributed by atoms with van der Waals surface area (Å²) in [6, 6.07) is 3.74. The second-order valence-corrected chi connectivity index (χ2v) is 5.26. The molecule has 0 bridgehead atoms. The molecule has 1 aromatic heterocycles. The van der Waals surface area contributed by atoms with Crippen molar-refractivity contribution in [2.24, 2.45) is 0 Å². The van der Waals surface area contributed by atoms with Gasteiger partial charge in [0.25, 0.3) is 0 Å². The molecule has 1 aromatic carbocycles. The lowest BCUT2D eigenvalue weighted by atomic mass is 10.2. The summed E-state index contributed by atoms with van der Waals surface area (Å²) in [6.07, 6.45) is 5.98. The minimum absolute atomic E-state index is 0.598. The number of aromatic nitrogens is 2. The molecule has 0 fully saturated rings. The van der Waals surface area contributed by atoms with Gasteiger partial charge in [0.2, 0.25) is 5.95 Å². The zero-order valence-electron chi connectivity index (χ0n) is 11.1. The van der Waals surface area contributed by atoms with E-state index in [1.54, 1.807) is 6.20 Å². The molecule has 0 atom stereocenters. The van der Waals surface area contributed by atoms with Crippen molar-refractivity contribution in [1.29, 1.82) is 0 Å². The normalized spacial score (nSPS) is 10.7. The predicted octanol–water partition coefficient (Wildman–Crippen LogP) is 5.04. The van der Waals surface area contributed by atoms with Gasteiger partial charge in [-0.05, 0) is 25.0 Å². The summed E-state index contributed by atoms with van der Waals surface area (Å²) >= 11 is 12.5. The number of imidazole rings is 1. The molecule has 0 spiro atoms. The Labute approximate surface area is 123 Å². The Morgan fingerprint density at radius 2 is 2.11 bits per heavy atom. The van der Waals surface area contributed by atoms with E-state index < -0.39 is 0 Å². The van der Waals surface area contributed by atoms with Crippen molar-refractivity contribution in [1.82, 2.24) is 9.55 Å². The van der Waals surface area contributed by atoms with Crippen molar-refractivity contribution in [2.45, 2.75) is 33.2 Å². The number of anilines is 2. The van der Waals surface area contributed by atoms with Crippen LogP contribution in [0.5, 0.6) is 0 Å². The van der Waals surface area contributed by atoms with Crippen LogP contribution in [0.15, 0.2) is 24.5 Å². The van der Waals surface area contributed by atoms with Crippen molar-refractivity contribution in [3.05, 3.63) is 40.1 Å². The molecule has 0 unspecified atom stereocenters. The van der Waals surface area contributed by atoms with Crippen LogP contribution in [-0.2, 0) is 6.54 Å². The van der Waals surface area contributed by atoms with Gasteiger partial charge in [0.15, 0.2) is 0 Å². The number of hydrogen-bond donors (Lipinski definition) is 1. The fraction of sp³-hybridized carbons (Fsp3) is 0.357. The summed E-state index contributed by atoms with van der Waals surface area (Å²) in [5, 5.41) is 4.46. The van der Waals surface area contributed by atoms with Gasteiger partial charge in [0, 0.05) is 18.9 Å². The van der Waals surface area contributed by atoms with Gasteiger partial charge in [-0.25, -0.2) is 4.98 Å². The van der Waals surface area contributed by atoms with E-state index in [9.17, 15) is 0 Å². The van der Waals surface area contributed by atoms with E-state index in [4.69, 9.17) is 23.2 Å². The summed E-state index contributed by atoms with van der Waals surface area (Å²) in [7, 11) is 0. The van der Waals surface area contributed by atoms with Gasteiger partial charge in [-0.3, -0.25) is 0 Å². The Hall–Kier alpha value is -1.19. The molecule has 0 amide bonds. The van der Waals surface area contributed by atoms with E-state index in [1.807, 2.05) is 25.3 Å². The van der Waals surface area contributed by atoms with Crippen molar-refractivity contribution in [3.63, 3.8) is 0 Å². The average molecular weight is 298 g/mol. The van der Waals surface area contributed by atoms with E-state index in [-0.39, 0.29) is 0 Å². The van der Waals surface area contributed by atoms with Crippen LogP contribution in [0, 0.1) is 6.92 Å². The zero-order chi connectivity index (χ0) is 13.8. The van der Waals surface area contributed by atoms with Crippen LogP contribution in [0.3, 0.4) is 0 Å². The first-order chi connectivity index (χ1) is 9.13. The largest absolute Gasteiger partial charge is 0.323 e. The van der Waals surface area contributed by atoms with Gasteiger partial charge in [0.1, 0.15) is 0 Å². The Balaban J connectivity index is 2.27. The highest BCUT2D eigenvalue weighted by molar-refractivity contribution is 6.39. The van der Waals surface area contributed by atoms with E-state index in [1.165, 1.54) is 0 Å². The molecule has 0 saturated carbocycles. The minimum Gasteiger partial charge on any atom is -0.323 e. The van der Waals surface area contributed by atoms with Crippen molar-refractivity contribution >= 4 is 34.8 Å². The molecular weight excluding hydrogens is 281 g/mol. The topological polar surface area (TPSA) is 29.9 Å². The van der Waals surface area contributed by atoms with E-state index in [0.29, 0.717) is 15.7 Å². The van der Waals surface area contributed by atoms with Crippen LogP contribution in [0.1, 0.15) is 25.3 Å². The number of hydrogen-bond acceptors (Lipinski definition) is 2. The minimum atomic E-state index is 0.598. The number of unbranched alkanes of at least 4 members (excludes halogenated alkanes) is 1. The molecule has 2 rings (SSSR count). The monoisotopic (exact) mass is 297 g/mol. The molecule has 0 aliphatic heterocycles. The Morgan fingerprint density at radius 1 is 1.32 bits per heavy atom. The molecule has 102 valence electrons. The van der Waals surface area contributed by atoms with Crippen molar-refractivity contribution < 1.29 is 0 Å². The first-order valence-corrected chi connectivity index (χ1v) is 7.11. The van der Waals surface area contributed by atoms with Crippen LogP contribution in [0.4, 0.5) is 11.6 Å². The second kappa shape index (κ2) is 6.31. The first kappa shape index (κ1) is 14.2. The van der Waals surface area contributed by atoms with Crippen LogP contribution in [0.2, 0.25) is 10.0 Å². The highest BCUT2D eigenvalue weighted by Gasteiger charge is 2.11. The van der Waals surface area contributed by atoms with Crippen molar-refractivity contribution in [3.8, 4) is 0 Å². The summed E-state index contributed by atoms with van der Waals surface area (Å²) in [4.78, 5) is 4.31. The Morgan fingerprint density at radius 3 is 2.84 bits per heavy atom. The van der Waals surface area contributed by atoms with Gasteiger partial charge >= 0.3 is 0 Å². The molecule has 1 N–H and O–H groups in total. The van der Waals surface area contributed by atoms with Crippen molar-refractivity contribution in [2.75, 3.05) is 5.32 Å². The number of aryl methyl sites for hydroxylation is 2. The van der Waals surface area contributed by atoms with Gasteiger partial charge in [-0.15, -0.1) is 0 Å². The summed E-state index contributed by atoms with van der Waals surface area (Å²) in [5.41, 5.74) is 1.70. The molecule has 2 aromatic rings. The van der Waals surface area contributed by atoms with Gasteiger partial charge in [0.05, 0.1) is 15.7 Å². The maximum absolute atomic E-state index is 6.29. The third-order valence-electron chi connectivity index (χ3n) is 2.99. The zero-order valence-corrected chi connectivity index (χ0v) is 12.6. The third kappa shape index (κ3) is 3.23. The quantitative estimate of drug-likeness (QED) is 0.837. The molecular formula is C14H17Cl2N3. The average Bonchev–Trinajstić information content (AvgIpc) is 2.84. The number of benzene rings is 1. The maximum Gasteiger partial charge on any atom is 0.207 e. The van der Waals surface area contributed by atoms with Crippen LogP contribution < -0.4 is 5.32 Å². The molecule has 0 aliphatic rings. The molecule has 0 aliphatic carbocycles. The smallest absolute Gasteiger partial charge is 0.207 e. The number of rotatable bonds is 5. The van der Waals surface area contributed by atoms with E-state index >= 15 is 0 Å². The molecule has 0 radical (unpaired) electrons. The lowest BCUT2D eigenvalue weighted by Crippen LogP contribution is -2.04. The molecule has 19 heavy (non-hydrogen) atoms. The first-order valence-electron chi connectivity index (χ1n) is 6.36. The van der Waals surface area contributed by atoms with Crippen LogP contribution in [0.25, 0.3) is 0 Å². The Bertz CT molecular complexity index is 564.